The van der Waals surface area contributed by atoms with E-state index in [-0.39, 0.29) is 5.82 Å². The number of hydrogen-bond acceptors (Lipinski definition) is 1. The van der Waals surface area contributed by atoms with Crippen molar-refractivity contribution in [3.8, 4) is 23.7 Å². The van der Waals surface area contributed by atoms with Crippen molar-refractivity contribution >= 4 is 0 Å². The van der Waals surface area contributed by atoms with Crippen LogP contribution in [0.5, 0.6) is 0 Å². The molecular formula is C12H7F3N2. The topological polar surface area (TPSA) is 28.7 Å². The summed E-state index contributed by atoms with van der Waals surface area (Å²) in [6.07, 6.45) is 1.53. The van der Waals surface area contributed by atoms with E-state index in [0.717, 1.165) is 6.20 Å². The number of aromatic nitrogens is 2. The van der Waals surface area contributed by atoms with E-state index in [2.05, 4.69) is 15.9 Å². The fraction of sp³-hybridized carbons (Fsp3) is 0.0833. The average molecular weight is 236 g/mol. The van der Waals surface area contributed by atoms with Crippen molar-refractivity contribution in [1.29, 1.82) is 0 Å². The Morgan fingerprint density at radius 2 is 1.82 bits per heavy atom. The van der Waals surface area contributed by atoms with Crippen LogP contribution >= 0.6 is 0 Å². The predicted molar refractivity (Wildman–Crippen MR) is 57.0 cm³/mol. The number of nitrogens with one attached hydrogen (secondary N) is 1. The van der Waals surface area contributed by atoms with Crippen LogP contribution in [0.2, 0.25) is 0 Å². The van der Waals surface area contributed by atoms with Crippen LogP contribution in [0, 0.1) is 12.3 Å². The number of benzene rings is 1. The van der Waals surface area contributed by atoms with Crippen molar-refractivity contribution in [3.05, 3.63) is 41.7 Å². The van der Waals surface area contributed by atoms with Crippen molar-refractivity contribution in [1.82, 2.24) is 9.97 Å². The van der Waals surface area contributed by atoms with Crippen molar-refractivity contribution < 1.29 is 13.2 Å². The Kier molecular flexibility index (Phi) is 2.64. The van der Waals surface area contributed by atoms with E-state index in [1.54, 1.807) is 24.3 Å². The van der Waals surface area contributed by atoms with Crippen LogP contribution in [0.15, 0.2) is 30.5 Å². The summed E-state index contributed by atoms with van der Waals surface area (Å²) in [5, 5.41) is 0. The monoisotopic (exact) mass is 236 g/mol. The van der Waals surface area contributed by atoms with Crippen LogP contribution in [0.25, 0.3) is 11.4 Å². The molecular weight excluding hydrogens is 229 g/mol. The van der Waals surface area contributed by atoms with Gasteiger partial charge in [0.1, 0.15) is 11.5 Å². The summed E-state index contributed by atoms with van der Waals surface area (Å²) < 4.78 is 37.0. The van der Waals surface area contributed by atoms with Gasteiger partial charge in [-0.1, -0.05) is 18.1 Å². The van der Waals surface area contributed by atoms with Crippen molar-refractivity contribution in [2.75, 3.05) is 0 Å². The fourth-order valence-electron chi connectivity index (χ4n) is 1.34. The standard InChI is InChI=1S/C12H7F3N2/c1-2-8-3-5-9(6-4-8)11-16-7-10(17-11)12(13,14)15/h1,3-7H,(H,16,17). The van der Waals surface area contributed by atoms with E-state index >= 15 is 0 Å². The van der Waals surface area contributed by atoms with E-state index in [1.165, 1.54) is 0 Å². The van der Waals surface area contributed by atoms with E-state index < -0.39 is 11.9 Å². The molecule has 1 aromatic carbocycles. The van der Waals surface area contributed by atoms with Crippen molar-refractivity contribution in [2.45, 2.75) is 6.18 Å². The molecule has 2 rings (SSSR count). The lowest BCUT2D eigenvalue weighted by Crippen LogP contribution is -2.04. The van der Waals surface area contributed by atoms with Gasteiger partial charge in [0.2, 0.25) is 0 Å². The average Bonchev–Trinajstić information content (AvgIpc) is 2.78. The zero-order valence-electron chi connectivity index (χ0n) is 8.55. The number of terminal acetylenes is 1. The molecule has 0 saturated carbocycles. The second-order valence-corrected chi connectivity index (χ2v) is 3.36. The number of nitrogens with zero attached hydrogens (tertiary/aromatic N) is 1. The molecule has 0 amide bonds. The molecule has 2 aromatic rings. The molecule has 0 saturated heterocycles. The Bertz CT molecular complexity index is 559. The molecule has 17 heavy (non-hydrogen) atoms. The molecule has 0 bridgehead atoms. The highest BCUT2D eigenvalue weighted by Gasteiger charge is 2.32. The fourth-order valence-corrected chi connectivity index (χ4v) is 1.34. The van der Waals surface area contributed by atoms with Crippen LogP contribution in [0.4, 0.5) is 13.2 Å². The lowest BCUT2D eigenvalue weighted by Gasteiger charge is -2.01. The maximum absolute atomic E-state index is 12.3. The maximum atomic E-state index is 12.3. The lowest BCUT2D eigenvalue weighted by molar-refractivity contribution is -0.140. The quantitative estimate of drug-likeness (QED) is 0.757. The molecule has 1 aromatic heterocycles. The zero-order chi connectivity index (χ0) is 12.5. The molecule has 1 N–H and O–H groups in total. The number of imidazole rings is 1. The van der Waals surface area contributed by atoms with Gasteiger partial charge >= 0.3 is 6.18 Å². The van der Waals surface area contributed by atoms with Crippen molar-refractivity contribution in [2.24, 2.45) is 0 Å². The van der Waals surface area contributed by atoms with Gasteiger partial charge in [0.05, 0.1) is 6.20 Å². The molecule has 0 unspecified atom stereocenters. The summed E-state index contributed by atoms with van der Waals surface area (Å²) >= 11 is 0. The highest BCUT2D eigenvalue weighted by atomic mass is 19.4. The third-order valence-corrected chi connectivity index (χ3v) is 2.21. The van der Waals surface area contributed by atoms with Gasteiger partial charge in [0.25, 0.3) is 0 Å². The molecule has 1 heterocycles. The highest BCUT2D eigenvalue weighted by molar-refractivity contribution is 5.57. The summed E-state index contributed by atoms with van der Waals surface area (Å²) in [5.74, 6) is 2.59. The number of halogens is 3. The van der Waals surface area contributed by atoms with Crippen LogP contribution in [-0.2, 0) is 6.18 Å². The Morgan fingerprint density at radius 3 is 2.29 bits per heavy atom. The minimum Gasteiger partial charge on any atom is -0.334 e. The zero-order valence-corrected chi connectivity index (χ0v) is 8.55. The molecule has 0 aliphatic rings. The van der Waals surface area contributed by atoms with Crippen LogP contribution in [-0.4, -0.2) is 9.97 Å². The Morgan fingerprint density at radius 1 is 1.18 bits per heavy atom. The van der Waals surface area contributed by atoms with Gasteiger partial charge < -0.3 is 4.98 Å². The van der Waals surface area contributed by atoms with Gasteiger partial charge in [-0.15, -0.1) is 6.42 Å². The summed E-state index contributed by atoms with van der Waals surface area (Å²) in [6, 6.07) is 6.53. The van der Waals surface area contributed by atoms with E-state index in [1.807, 2.05) is 0 Å². The molecule has 0 fully saturated rings. The Labute approximate surface area is 95.5 Å². The van der Waals surface area contributed by atoms with E-state index in [4.69, 9.17) is 6.42 Å². The summed E-state index contributed by atoms with van der Waals surface area (Å²) in [6.45, 7) is 0. The van der Waals surface area contributed by atoms with E-state index in [9.17, 15) is 13.2 Å². The van der Waals surface area contributed by atoms with Crippen LogP contribution < -0.4 is 0 Å². The minimum absolute atomic E-state index is 0.167. The molecule has 0 aliphatic heterocycles. The normalized spacial score (nSPS) is 11.2. The number of H-pyrrole nitrogens is 1. The summed E-state index contributed by atoms with van der Waals surface area (Å²) in [4.78, 5) is 5.90. The first-order chi connectivity index (χ1) is 8.00. The van der Waals surface area contributed by atoms with Gasteiger partial charge in [-0.3, -0.25) is 0 Å². The first-order valence-corrected chi connectivity index (χ1v) is 4.70. The number of aromatic amines is 1. The summed E-state index contributed by atoms with van der Waals surface area (Å²) in [7, 11) is 0. The van der Waals surface area contributed by atoms with Gasteiger partial charge in [-0.25, -0.2) is 4.98 Å². The Balaban J connectivity index is 2.34. The van der Waals surface area contributed by atoms with Crippen molar-refractivity contribution in [3.63, 3.8) is 0 Å². The van der Waals surface area contributed by atoms with E-state index in [0.29, 0.717) is 11.1 Å². The third-order valence-electron chi connectivity index (χ3n) is 2.21. The molecule has 0 aliphatic carbocycles. The van der Waals surface area contributed by atoms with Gasteiger partial charge in [0, 0.05) is 11.1 Å². The SMILES string of the molecule is C#Cc1ccc(-c2ncc(C(F)(F)F)[nH]2)cc1. The minimum atomic E-state index is -4.41. The van der Waals surface area contributed by atoms with Gasteiger partial charge in [-0.2, -0.15) is 13.2 Å². The lowest BCUT2D eigenvalue weighted by atomic mass is 10.1. The van der Waals surface area contributed by atoms with Crippen LogP contribution in [0.3, 0.4) is 0 Å². The molecule has 0 atom stereocenters. The second-order valence-electron chi connectivity index (χ2n) is 3.36. The highest BCUT2D eigenvalue weighted by Crippen LogP contribution is 2.29. The molecule has 0 spiro atoms. The molecule has 86 valence electrons. The smallest absolute Gasteiger partial charge is 0.334 e. The molecule has 2 nitrogen and oxygen atoms in total. The number of alkyl halides is 3. The predicted octanol–water partition coefficient (Wildman–Crippen LogP) is 3.08. The first-order valence-electron chi connectivity index (χ1n) is 4.70. The largest absolute Gasteiger partial charge is 0.432 e. The van der Waals surface area contributed by atoms with Gasteiger partial charge in [-0.05, 0) is 12.1 Å². The summed E-state index contributed by atoms with van der Waals surface area (Å²) in [5.41, 5.74) is 0.351. The third kappa shape index (κ3) is 2.31. The number of hydrogen-bond donors (Lipinski definition) is 1. The maximum Gasteiger partial charge on any atom is 0.432 e. The molecule has 0 radical (unpaired) electrons. The number of rotatable bonds is 1. The Hall–Kier alpha value is -2.22. The van der Waals surface area contributed by atoms with Gasteiger partial charge in [0.15, 0.2) is 0 Å². The first kappa shape index (κ1) is 11.3. The van der Waals surface area contributed by atoms with Crippen LogP contribution in [0.1, 0.15) is 11.3 Å². The second kappa shape index (κ2) is 3.98. The molecule has 5 heteroatoms.